The van der Waals surface area contributed by atoms with Gasteiger partial charge in [0, 0.05) is 10.5 Å². The van der Waals surface area contributed by atoms with Gasteiger partial charge in [-0.25, -0.2) is 8.78 Å². The van der Waals surface area contributed by atoms with Gasteiger partial charge in [0.1, 0.15) is 5.82 Å². The molecule has 0 saturated heterocycles. The molecule has 1 rings (SSSR count). The van der Waals surface area contributed by atoms with E-state index in [1.165, 1.54) is 6.92 Å². The maximum Gasteiger partial charge on any atom is 0.235 e. The van der Waals surface area contributed by atoms with Crippen molar-refractivity contribution in [1.82, 2.24) is 0 Å². The predicted octanol–water partition coefficient (Wildman–Crippen LogP) is 2.05. The first kappa shape index (κ1) is 14.4. The summed E-state index contributed by atoms with van der Waals surface area (Å²) in [4.78, 5) is 11.6. The van der Waals surface area contributed by atoms with Crippen LogP contribution >= 0.6 is 15.9 Å². The van der Waals surface area contributed by atoms with Gasteiger partial charge in [0.25, 0.3) is 0 Å². The molecule has 0 aliphatic heterocycles. The van der Waals surface area contributed by atoms with Crippen LogP contribution in [0.3, 0.4) is 0 Å². The van der Waals surface area contributed by atoms with Crippen LogP contribution in [0.15, 0.2) is 21.8 Å². The molecular formula is C10H10BrF2N3O2. The molecule has 98 valence electrons. The summed E-state index contributed by atoms with van der Waals surface area (Å²) in [6, 6.07) is 1.64. The molecule has 8 heteroatoms. The van der Waals surface area contributed by atoms with Crippen molar-refractivity contribution in [1.29, 1.82) is 0 Å². The average Bonchev–Trinajstić information content (AvgIpc) is 2.31. The summed E-state index contributed by atoms with van der Waals surface area (Å²) >= 11 is 2.92. The molecule has 0 radical (unpaired) electrons. The molecule has 0 aliphatic rings. The number of amides is 1. The maximum atomic E-state index is 13.4. The first-order chi connectivity index (χ1) is 8.36. The Hall–Kier alpha value is -1.70. The van der Waals surface area contributed by atoms with Gasteiger partial charge < -0.3 is 16.3 Å². The van der Waals surface area contributed by atoms with Crippen molar-refractivity contribution in [2.24, 2.45) is 16.8 Å². The van der Waals surface area contributed by atoms with Crippen LogP contribution in [0.5, 0.6) is 0 Å². The Balaban J connectivity index is 2.96. The monoisotopic (exact) mass is 321 g/mol. The van der Waals surface area contributed by atoms with Gasteiger partial charge in [0.2, 0.25) is 5.91 Å². The van der Waals surface area contributed by atoms with E-state index in [0.717, 1.165) is 6.07 Å². The molecule has 0 saturated carbocycles. The number of benzene rings is 1. The van der Waals surface area contributed by atoms with Gasteiger partial charge >= 0.3 is 0 Å². The maximum absolute atomic E-state index is 13.4. The highest BCUT2D eigenvalue weighted by molar-refractivity contribution is 9.10. The third-order valence-electron chi connectivity index (χ3n) is 2.21. The zero-order chi connectivity index (χ0) is 13.9. The quantitative estimate of drug-likeness (QED) is 0.344. The normalized spacial score (nSPS) is 13.2. The lowest BCUT2D eigenvalue weighted by molar-refractivity contribution is -0.117. The Morgan fingerprint density at radius 3 is 2.67 bits per heavy atom. The van der Waals surface area contributed by atoms with Crippen LogP contribution in [0.2, 0.25) is 0 Å². The molecule has 0 heterocycles. The summed E-state index contributed by atoms with van der Waals surface area (Å²) in [5.74, 6) is -3.65. The van der Waals surface area contributed by atoms with Crippen molar-refractivity contribution in [3.63, 3.8) is 0 Å². The Bertz CT molecular complexity index is 485. The highest BCUT2D eigenvalue weighted by Gasteiger charge is 2.20. The molecule has 1 unspecified atom stereocenters. The molecule has 4 N–H and O–H groups in total. The average molecular weight is 322 g/mol. The first-order valence-corrected chi connectivity index (χ1v) is 5.59. The molecule has 1 aromatic rings. The van der Waals surface area contributed by atoms with Crippen molar-refractivity contribution in [2.75, 3.05) is 5.32 Å². The molecule has 5 nitrogen and oxygen atoms in total. The number of nitrogens with one attached hydrogen (secondary N) is 1. The van der Waals surface area contributed by atoms with E-state index in [-0.39, 0.29) is 16.0 Å². The standard InChI is InChI=1S/C10H10BrF2N3O2/c1-4(9(14)16-18)10(17)15-8-6(11)2-5(12)3-7(8)13/h2-4,18H,1H3,(H2,14,16)(H,15,17). The Kier molecular flexibility index (Phi) is 4.60. The Morgan fingerprint density at radius 2 is 2.17 bits per heavy atom. The summed E-state index contributed by atoms with van der Waals surface area (Å²) in [7, 11) is 0. The van der Waals surface area contributed by atoms with Gasteiger partial charge in [-0.05, 0) is 28.9 Å². The van der Waals surface area contributed by atoms with Gasteiger partial charge in [-0.15, -0.1) is 0 Å². The Morgan fingerprint density at radius 1 is 1.56 bits per heavy atom. The minimum Gasteiger partial charge on any atom is -0.409 e. The van der Waals surface area contributed by atoms with E-state index in [1.807, 2.05) is 0 Å². The molecule has 1 atom stereocenters. The second-order valence-corrected chi connectivity index (χ2v) is 4.33. The first-order valence-electron chi connectivity index (χ1n) is 4.79. The third kappa shape index (κ3) is 3.16. The largest absolute Gasteiger partial charge is 0.409 e. The van der Waals surface area contributed by atoms with Crippen molar-refractivity contribution >= 4 is 33.4 Å². The number of halogens is 3. The lowest BCUT2D eigenvalue weighted by Gasteiger charge is -2.12. The van der Waals surface area contributed by atoms with Crippen molar-refractivity contribution in [2.45, 2.75) is 6.92 Å². The molecule has 1 amide bonds. The summed E-state index contributed by atoms with van der Waals surface area (Å²) < 4.78 is 26.3. The van der Waals surface area contributed by atoms with Gasteiger partial charge in [0.15, 0.2) is 11.7 Å². The van der Waals surface area contributed by atoms with Crippen LogP contribution in [-0.2, 0) is 4.79 Å². The molecular weight excluding hydrogens is 312 g/mol. The highest BCUT2D eigenvalue weighted by atomic mass is 79.9. The number of amidine groups is 1. The number of hydrogen-bond donors (Lipinski definition) is 3. The number of carbonyl (C=O) groups excluding carboxylic acids is 1. The van der Waals surface area contributed by atoms with Crippen LogP contribution in [-0.4, -0.2) is 17.0 Å². The molecule has 0 aromatic heterocycles. The highest BCUT2D eigenvalue weighted by Crippen LogP contribution is 2.27. The fourth-order valence-electron chi connectivity index (χ4n) is 1.11. The number of carbonyl (C=O) groups is 1. The minimum absolute atomic E-state index is 0.0556. The minimum atomic E-state index is -0.952. The van der Waals surface area contributed by atoms with E-state index in [1.54, 1.807) is 0 Å². The molecule has 0 aliphatic carbocycles. The van der Waals surface area contributed by atoms with Crippen molar-refractivity contribution < 1.29 is 18.8 Å². The molecule has 0 bridgehead atoms. The second kappa shape index (κ2) is 5.76. The SMILES string of the molecule is CC(C(=O)Nc1c(F)cc(F)cc1Br)C(N)=NO. The van der Waals surface area contributed by atoms with Gasteiger partial charge in [-0.2, -0.15) is 0 Å². The van der Waals surface area contributed by atoms with Gasteiger partial charge in [0.05, 0.1) is 11.6 Å². The Labute approximate surface area is 110 Å². The molecule has 0 spiro atoms. The fourth-order valence-corrected chi connectivity index (χ4v) is 1.62. The zero-order valence-electron chi connectivity index (χ0n) is 9.25. The predicted molar refractivity (Wildman–Crippen MR) is 65.3 cm³/mol. The summed E-state index contributed by atoms with van der Waals surface area (Å²) in [6.07, 6.45) is 0. The molecule has 18 heavy (non-hydrogen) atoms. The van der Waals surface area contributed by atoms with Gasteiger partial charge in [-0.1, -0.05) is 5.16 Å². The van der Waals surface area contributed by atoms with Crippen molar-refractivity contribution in [3.05, 3.63) is 28.2 Å². The number of nitrogens with zero attached hydrogens (tertiary/aromatic N) is 1. The van der Waals surface area contributed by atoms with Crippen LogP contribution in [0.4, 0.5) is 14.5 Å². The second-order valence-electron chi connectivity index (χ2n) is 3.48. The number of hydrogen-bond acceptors (Lipinski definition) is 3. The van der Waals surface area contributed by atoms with Crippen molar-refractivity contribution in [3.8, 4) is 0 Å². The van der Waals surface area contributed by atoms with Crippen LogP contribution < -0.4 is 11.1 Å². The van der Waals surface area contributed by atoms with Gasteiger partial charge in [-0.3, -0.25) is 4.79 Å². The number of nitrogens with two attached hydrogens (primary N) is 1. The fraction of sp³-hybridized carbons (Fsp3) is 0.200. The smallest absolute Gasteiger partial charge is 0.235 e. The number of oxime groups is 1. The van der Waals surface area contributed by atoms with Crippen LogP contribution in [0.1, 0.15) is 6.92 Å². The van der Waals surface area contributed by atoms with E-state index >= 15 is 0 Å². The van der Waals surface area contributed by atoms with Crippen LogP contribution in [0.25, 0.3) is 0 Å². The summed E-state index contributed by atoms with van der Waals surface area (Å²) in [5, 5.41) is 13.3. The van der Waals surface area contributed by atoms with E-state index in [0.29, 0.717) is 6.07 Å². The summed E-state index contributed by atoms with van der Waals surface area (Å²) in [6.45, 7) is 1.37. The number of rotatable bonds is 3. The summed E-state index contributed by atoms with van der Waals surface area (Å²) in [5.41, 5.74) is 5.04. The van der Waals surface area contributed by atoms with E-state index in [4.69, 9.17) is 10.9 Å². The third-order valence-corrected chi connectivity index (χ3v) is 2.83. The van der Waals surface area contributed by atoms with Crippen LogP contribution in [0, 0.1) is 17.6 Å². The number of anilines is 1. The lowest BCUT2D eigenvalue weighted by Crippen LogP contribution is -2.32. The molecule has 0 fully saturated rings. The van der Waals surface area contributed by atoms with E-state index in [2.05, 4.69) is 26.4 Å². The van der Waals surface area contributed by atoms with E-state index in [9.17, 15) is 13.6 Å². The zero-order valence-corrected chi connectivity index (χ0v) is 10.8. The van der Waals surface area contributed by atoms with E-state index < -0.39 is 23.5 Å². The molecule has 1 aromatic carbocycles. The lowest BCUT2D eigenvalue weighted by atomic mass is 10.1. The topological polar surface area (TPSA) is 87.7 Å².